The first-order valence-corrected chi connectivity index (χ1v) is 7.37. The standard InChI is InChI=1S/C14H25N3O/c1-2-10-17-14(13(11-18)15-16-17)9-8-12-6-4-3-5-7-12/h12,18H,2-11H2,1H3. The summed E-state index contributed by atoms with van der Waals surface area (Å²) in [6, 6.07) is 0. The Bertz CT molecular complexity index is 356. The molecule has 1 N–H and O–H groups in total. The third-order valence-electron chi connectivity index (χ3n) is 4.02. The van der Waals surface area contributed by atoms with Crippen LogP contribution in [0, 0.1) is 5.92 Å². The second-order valence-corrected chi connectivity index (χ2v) is 5.41. The van der Waals surface area contributed by atoms with Crippen LogP contribution < -0.4 is 0 Å². The minimum Gasteiger partial charge on any atom is -0.390 e. The lowest BCUT2D eigenvalue weighted by atomic mass is 9.85. The Labute approximate surface area is 109 Å². The molecule has 0 aromatic carbocycles. The van der Waals surface area contributed by atoms with Crippen LogP contribution in [0.2, 0.25) is 0 Å². The number of aliphatic hydroxyl groups excluding tert-OH is 1. The van der Waals surface area contributed by atoms with Gasteiger partial charge in [-0.1, -0.05) is 44.2 Å². The average Bonchev–Trinajstić information content (AvgIpc) is 2.80. The summed E-state index contributed by atoms with van der Waals surface area (Å²) >= 11 is 0. The molecule has 0 saturated heterocycles. The van der Waals surface area contributed by atoms with Crippen LogP contribution in [0.4, 0.5) is 0 Å². The summed E-state index contributed by atoms with van der Waals surface area (Å²) in [5, 5.41) is 17.5. The zero-order valence-corrected chi connectivity index (χ0v) is 11.4. The van der Waals surface area contributed by atoms with Crippen molar-refractivity contribution in [2.24, 2.45) is 5.92 Å². The lowest BCUT2D eigenvalue weighted by Gasteiger charge is -2.21. The van der Waals surface area contributed by atoms with Gasteiger partial charge in [-0.05, 0) is 25.2 Å². The predicted molar refractivity (Wildman–Crippen MR) is 71.1 cm³/mol. The van der Waals surface area contributed by atoms with Crippen molar-refractivity contribution >= 4 is 0 Å². The highest BCUT2D eigenvalue weighted by molar-refractivity contribution is 5.09. The molecule has 0 bridgehead atoms. The van der Waals surface area contributed by atoms with E-state index in [1.165, 1.54) is 38.5 Å². The maximum Gasteiger partial charge on any atom is 0.111 e. The van der Waals surface area contributed by atoms with Gasteiger partial charge in [0.2, 0.25) is 0 Å². The molecule has 1 aliphatic carbocycles. The van der Waals surface area contributed by atoms with Crippen molar-refractivity contribution in [3.05, 3.63) is 11.4 Å². The molecule has 0 atom stereocenters. The quantitative estimate of drug-likeness (QED) is 0.845. The second kappa shape index (κ2) is 6.88. The number of hydrogen-bond acceptors (Lipinski definition) is 3. The van der Waals surface area contributed by atoms with Crippen LogP contribution in [0.3, 0.4) is 0 Å². The van der Waals surface area contributed by atoms with E-state index in [-0.39, 0.29) is 6.61 Å². The van der Waals surface area contributed by atoms with Gasteiger partial charge in [0.1, 0.15) is 5.69 Å². The Morgan fingerprint density at radius 2 is 2.06 bits per heavy atom. The molecular formula is C14H25N3O. The van der Waals surface area contributed by atoms with Gasteiger partial charge in [-0.25, -0.2) is 4.68 Å². The van der Waals surface area contributed by atoms with Crippen molar-refractivity contribution in [2.75, 3.05) is 0 Å². The molecule has 1 heterocycles. The Morgan fingerprint density at radius 3 is 2.72 bits per heavy atom. The molecule has 0 aliphatic heterocycles. The Balaban J connectivity index is 1.95. The molecule has 0 spiro atoms. The van der Waals surface area contributed by atoms with Crippen molar-refractivity contribution in [3.8, 4) is 0 Å². The molecule has 2 rings (SSSR count). The first-order valence-electron chi connectivity index (χ1n) is 7.37. The molecule has 1 aromatic heterocycles. The molecule has 4 heteroatoms. The van der Waals surface area contributed by atoms with Gasteiger partial charge in [-0.3, -0.25) is 0 Å². The average molecular weight is 251 g/mol. The van der Waals surface area contributed by atoms with E-state index in [0.29, 0.717) is 0 Å². The molecule has 4 nitrogen and oxygen atoms in total. The number of hydrogen-bond donors (Lipinski definition) is 1. The van der Waals surface area contributed by atoms with Crippen molar-refractivity contribution < 1.29 is 5.11 Å². The van der Waals surface area contributed by atoms with E-state index in [1.54, 1.807) is 0 Å². The Kier molecular flexibility index (Phi) is 5.17. The van der Waals surface area contributed by atoms with Crippen LogP contribution >= 0.6 is 0 Å². The van der Waals surface area contributed by atoms with Crippen molar-refractivity contribution in [1.29, 1.82) is 0 Å². The molecule has 0 unspecified atom stereocenters. The van der Waals surface area contributed by atoms with Crippen LogP contribution in [0.15, 0.2) is 0 Å². The Hall–Kier alpha value is -0.900. The van der Waals surface area contributed by atoms with Crippen LogP contribution in [-0.2, 0) is 19.6 Å². The van der Waals surface area contributed by atoms with E-state index in [9.17, 15) is 5.11 Å². The number of rotatable bonds is 6. The van der Waals surface area contributed by atoms with Crippen LogP contribution in [0.5, 0.6) is 0 Å². The number of aryl methyl sites for hydroxylation is 1. The predicted octanol–water partition coefficient (Wildman–Crippen LogP) is 2.69. The minimum absolute atomic E-state index is 0.0176. The van der Waals surface area contributed by atoms with Gasteiger partial charge in [0.15, 0.2) is 0 Å². The maximum absolute atomic E-state index is 9.32. The van der Waals surface area contributed by atoms with E-state index in [2.05, 4.69) is 17.2 Å². The lowest BCUT2D eigenvalue weighted by molar-refractivity contribution is 0.274. The van der Waals surface area contributed by atoms with Crippen molar-refractivity contribution in [2.45, 2.75) is 71.4 Å². The fourth-order valence-electron chi connectivity index (χ4n) is 2.97. The van der Waals surface area contributed by atoms with Crippen LogP contribution in [-0.4, -0.2) is 20.1 Å². The number of aliphatic hydroxyl groups is 1. The summed E-state index contributed by atoms with van der Waals surface area (Å²) in [4.78, 5) is 0. The summed E-state index contributed by atoms with van der Waals surface area (Å²) in [6.45, 7) is 3.07. The third-order valence-corrected chi connectivity index (χ3v) is 4.02. The molecule has 102 valence electrons. The highest BCUT2D eigenvalue weighted by Crippen LogP contribution is 2.27. The fourth-order valence-corrected chi connectivity index (χ4v) is 2.97. The highest BCUT2D eigenvalue weighted by Gasteiger charge is 2.17. The van der Waals surface area contributed by atoms with E-state index in [0.717, 1.165) is 36.7 Å². The fraction of sp³-hybridized carbons (Fsp3) is 0.857. The number of nitrogens with zero attached hydrogens (tertiary/aromatic N) is 3. The number of aromatic nitrogens is 3. The smallest absolute Gasteiger partial charge is 0.111 e. The highest BCUT2D eigenvalue weighted by atomic mass is 16.3. The van der Waals surface area contributed by atoms with Gasteiger partial charge < -0.3 is 5.11 Å². The molecule has 1 aromatic rings. The first-order chi connectivity index (χ1) is 8.85. The second-order valence-electron chi connectivity index (χ2n) is 5.41. The van der Waals surface area contributed by atoms with E-state index >= 15 is 0 Å². The van der Waals surface area contributed by atoms with E-state index < -0.39 is 0 Å². The Morgan fingerprint density at radius 1 is 1.28 bits per heavy atom. The van der Waals surface area contributed by atoms with Gasteiger partial charge in [-0.2, -0.15) is 0 Å². The molecule has 1 saturated carbocycles. The summed E-state index contributed by atoms with van der Waals surface area (Å²) in [5.41, 5.74) is 1.93. The summed E-state index contributed by atoms with van der Waals surface area (Å²) < 4.78 is 1.98. The topological polar surface area (TPSA) is 50.9 Å². The van der Waals surface area contributed by atoms with Gasteiger partial charge in [0.25, 0.3) is 0 Å². The zero-order valence-electron chi connectivity index (χ0n) is 11.4. The zero-order chi connectivity index (χ0) is 12.8. The van der Waals surface area contributed by atoms with Crippen molar-refractivity contribution in [3.63, 3.8) is 0 Å². The molecule has 1 fully saturated rings. The molecular weight excluding hydrogens is 226 g/mol. The SMILES string of the molecule is CCCn1nnc(CO)c1CCC1CCCCC1. The van der Waals surface area contributed by atoms with Gasteiger partial charge in [0, 0.05) is 6.54 Å². The van der Waals surface area contributed by atoms with Crippen LogP contribution in [0.1, 0.15) is 63.3 Å². The van der Waals surface area contributed by atoms with Crippen molar-refractivity contribution in [1.82, 2.24) is 15.0 Å². The molecule has 0 amide bonds. The van der Waals surface area contributed by atoms with Gasteiger partial charge >= 0.3 is 0 Å². The lowest BCUT2D eigenvalue weighted by Crippen LogP contribution is -2.11. The summed E-state index contributed by atoms with van der Waals surface area (Å²) in [5.74, 6) is 0.871. The molecule has 1 aliphatic rings. The summed E-state index contributed by atoms with van der Waals surface area (Å²) in [7, 11) is 0. The third kappa shape index (κ3) is 3.31. The maximum atomic E-state index is 9.32. The minimum atomic E-state index is 0.0176. The first kappa shape index (κ1) is 13.5. The van der Waals surface area contributed by atoms with E-state index in [4.69, 9.17) is 0 Å². The van der Waals surface area contributed by atoms with Crippen LogP contribution in [0.25, 0.3) is 0 Å². The largest absolute Gasteiger partial charge is 0.390 e. The summed E-state index contributed by atoms with van der Waals surface area (Å²) in [6.07, 6.45) is 10.3. The van der Waals surface area contributed by atoms with Gasteiger partial charge in [-0.15, -0.1) is 5.10 Å². The normalized spacial score (nSPS) is 17.2. The molecule has 18 heavy (non-hydrogen) atoms. The molecule has 0 radical (unpaired) electrons. The monoisotopic (exact) mass is 251 g/mol. The van der Waals surface area contributed by atoms with Gasteiger partial charge in [0.05, 0.1) is 12.3 Å². The van der Waals surface area contributed by atoms with E-state index in [1.807, 2.05) is 4.68 Å².